The fourth-order valence-corrected chi connectivity index (χ4v) is 2.96. The number of nitrogens with one attached hydrogen (secondary N) is 2. The van der Waals surface area contributed by atoms with E-state index < -0.39 is 0 Å². The lowest BCUT2D eigenvalue weighted by Crippen LogP contribution is -2.12. The number of H-pyrrole nitrogens is 1. The summed E-state index contributed by atoms with van der Waals surface area (Å²) in [6, 6.07) is 14.1. The number of aromatic amines is 1. The van der Waals surface area contributed by atoms with Crippen molar-refractivity contribution in [3.05, 3.63) is 69.6 Å². The molecule has 28 heavy (non-hydrogen) atoms. The van der Waals surface area contributed by atoms with Crippen LogP contribution in [-0.4, -0.2) is 27.0 Å². The molecule has 0 saturated carbocycles. The molecule has 0 fully saturated rings. The summed E-state index contributed by atoms with van der Waals surface area (Å²) in [5, 5.41) is 4.49. The molecule has 2 aromatic carbocycles. The second kappa shape index (κ2) is 7.28. The zero-order valence-electron chi connectivity index (χ0n) is 15.2. The third kappa shape index (κ3) is 3.65. The fraction of sp³-hybridized carbons (Fsp3) is 0.100. The molecule has 4 aromatic rings. The molecule has 0 unspecified atom stereocenters. The molecule has 0 saturated heterocycles. The highest BCUT2D eigenvalue weighted by Crippen LogP contribution is 2.24. The molecule has 0 atom stereocenters. The quantitative estimate of drug-likeness (QED) is 0.542. The number of aromatic nitrogens is 4. The van der Waals surface area contributed by atoms with Gasteiger partial charge in [0.1, 0.15) is 5.75 Å². The Morgan fingerprint density at radius 3 is 2.57 bits per heavy atom. The average Bonchev–Trinajstić information content (AvgIpc) is 2.68. The van der Waals surface area contributed by atoms with Gasteiger partial charge in [0, 0.05) is 22.0 Å². The SMILES string of the molecule is COc1ccc2nc(Nc3nc(-c4ccc(Cl)cc4)cc(=O)[nH]3)nc(C)c2c1. The van der Waals surface area contributed by atoms with E-state index in [0.717, 1.165) is 27.9 Å². The Balaban J connectivity index is 1.71. The molecular weight excluding hydrogens is 378 g/mol. The van der Waals surface area contributed by atoms with E-state index in [1.165, 1.54) is 6.07 Å². The van der Waals surface area contributed by atoms with Gasteiger partial charge >= 0.3 is 0 Å². The van der Waals surface area contributed by atoms with Crippen LogP contribution in [0.4, 0.5) is 11.9 Å². The number of nitrogens with zero attached hydrogens (tertiary/aromatic N) is 3. The van der Waals surface area contributed by atoms with Gasteiger partial charge in [-0.1, -0.05) is 23.7 Å². The van der Waals surface area contributed by atoms with Crippen LogP contribution in [0, 0.1) is 6.92 Å². The Bertz CT molecular complexity index is 1220. The van der Waals surface area contributed by atoms with Crippen molar-refractivity contribution < 1.29 is 4.74 Å². The number of hydrogen-bond acceptors (Lipinski definition) is 6. The van der Waals surface area contributed by atoms with E-state index in [1.807, 2.05) is 25.1 Å². The number of anilines is 2. The van der Waals surface area contributed by atoms with Crippen molar-refractivity contribution in [2.75, 3.05) is 12.4 Å². The maximum Gasteiger partial charge on any atom is 0.252 e. The largest absolute Gasteiger partial charge is 0.497 e. The van der Waals surface area contributed by atoms with Gasteiger partial charge < -0.3 is 4.74 Å². The van der Waals surface area contributed by atoms with Gasteiger partial charge in [-0.2, -0.15) is 0 Å². The van der Waals surface area contributed by atoms with Crippen LogP contribution in [0.2, 0.25) is 5.02 Å². The molecule has 0 radical (unpaired) electrons. The van der Waals surface area contributed by atoms with E-state index in [0.29, 0.717) is 16.7 Å². The summed E-state index contributed by atoms with van der Waals surface area (Å²) in [5.74, 6) is 1.33. The van der Waals surface area contributed by atoms with Gasteiger partial charge in [-0.15, -0.1) is 0 Å². The van der Waals surface area contributed by atoms with Crippen LogP contribution in [0.1, 0.15) is 5.69 Å². The monoisotopic (exact) mass is 393 g/mol. The number of ether oxygens (including phenoxy) is 1. The normalized spacial score (nSPS) is 10.8. The summed E-state index contributed by atoms with van der Waals surface area (Å²) in [4.78, 5) is 28.1. The number of fused-ring (bicyclic) bond motifs is 1. The summed E-state index contributed by atoms with van der Waals surface area (Å²) in [5.41, 5.74) is 2.55. The first-order valence-corrected chi connectivity index (χ1v) is 8.86. The highest BCUT2D eigenvalue weighted by atomic mass is 35.5. The van der Waals surface area contributed by atoms with Gasteiger partial charge in [-0.05, 0) is 37.3 Å². The predicted octanol–water partition coefficient (Wildman–Crippen LogP) is 4.09. The third-order valence-corrected chi connectivity index (χ3v) is 4.46. The number of hydrogen-bond donors (Lipinski definition) is 2. The molecular formula is C20H16ClN5O2. The Morgan fingerprint density at radius 2 is 1.82 bits per heavy atom. The number of methoxy groups -OCH3 is 1. The maximum atomic E-state index is 12.1. The fourth-order valence-electron chi connectivity index (χ4n) is 2.83. The van der Waals surface area contributed by atoms with Gasteiger partial charge in [0.25, 0.3) is 5.56 Å². The Hall–Kier alpha value is -3.45. The lowest BCUT2D eigenvalue weighted by molar-refractivity contribution is 0.415. The van der Waals surface area contributed by atoms with E-state index in [2.05, 4.69) is 25.3 Å². The summed E-state index contributed by atoms with van der Waals surface area (Å²) in [6.07, 6.45) is 0. The lowest BCUT2D eigenvalue weighted by atomic mass is 10.1. The molecule has 140 valence electrons. The first-order valence-electron chi connectivity index (χ1n) is 8.48. The molecule has 0 amide bonds. The van der Waals surface area contributed by atoms with Gasteiger partial charge in [-0.3, -0.25) is 15.1 Å². The predicted molar refractivity (Wildman–Crippen MR) is 109 cm³/mol. The summed E-state index contributed by atoms with van der Waals surface area (Å²) < 4.78 is 5.25. The molecule has 0 bridgehead atoms. The van der Waals surface area contributed by atoms with Crippen LogP contribution in [-0.2, 0) is 0 Å². The number of halogens is 1. The van der Waals surface area contributed by atoms with Crippen LogP contribution in [0.25, 0.3) is 22.2 Å². The Morgan fingerprint density at radius 1 is 1.04 bits per heavy atom. The summed E-state index contributed by atoms with van der Waals surface area (Å²) >= 11 is 5.93. The van der Waals surface area contributed by atoms with Crippen molar-refractivity contribution >= 4 is 34.4 Å². The molecule has 4 rings (SSSR count). The molecule has 0 aliphatic heterocycles. The van der Waals surface area contributed by atoms with E-state index in [4.69, 9.17) is 16.3 Å². The minimum absolute atomic E-state index is 0.254. The zero-order chi connectivity index (χ0) is 19.7. The molecule has 2 N–H and O–H groups in total. The van der Waals surface area contributed by atoms with E-state index in [1.54, 1.807) is 31.4 Å². The second-order valence-electron chi connectivity index (χ2n) is 6.13. The molecule has 7 nitrogen and oxygen atoms in total. The van der Waals surface area contributed by atoms with Gasteiger partial charge in [0.05, 0.1) is 24.0 Å². The Kier molecular flexibility index (Phi) is 4.67. The maximum absolute atomic E-state index is 12.1. The zero-order valence-corrected chi connectivity index (χ0v) is 15.9. The van der Waals surface area contributed by atoms with Crippen molar-refractivity contribution in [3.63, 3.8) is 0 Å². The van der Waals surface area contributed by atoms with Crippen LogP contribution < -0.4 is 15.6 Å². The number of aryl methyl sites for hydroxylation is 1. The van der Waals surface area contributed by atoms with Gasteiger partial charge in [0.15, 0.2) is 0 Å². The minimum Gasteiger partial charge on any atom is -0.497 e. The molecule has 0 spiro atoms. The van der Waals surface area contributed by atoms with Crippen molar-refractivity contribution in [1.82, 2.24) is 19.9 Å². The van der Waals surface area contributed by atoms with Crippen molar-refractivity contribution in [2.24, 2.45) is 0 Å². The van der Waals surface area contributed by atoms with Crippen LogP contribution in [0.3, 0.4) is 0 Å². The topological polar surface area (TPSA) is 92.8 Å². The molecule has 0 aliphatic rings. The van der Waals surface area contributed by atoms with Crippen LogP contribution in [0.15, 0.2) is 53.3 Å². The smallest absolute Gasteiger partial charge is 0.252 e. The average molecular weight is 394 g/mol. The third-order valence-electron chi connectivity index (χ3n) is 4.21. The van der Waals surface area contributed by atoms with Gasteiger partial charge in [0.2, 0.25) is 11.9 Å². The highest BCUT2D eigenvalue weighted by Gasteiger charge is 2.09. The number of rotatable bonds is 4. The first kappa shape index (κ1) is 17.9. The summed E-state index contributed by atoms with van der Waals surface area (Å²) in [6.45, 7) is 1.88. The van der Waals surface area contributed by atoms with E-state index in [9.17, 15) is 4.79 Å². The van der Waals surface area contributed by atoms with Crippen LogP contribution in [0.5, 0.6) is 5.75 Å². The van der Waals surface area contributed by atoms with Gasteiger partial charge in [-0.25, -0.2) is 15.0 Å². The Labute approximate surface area is 165 Å². The second-order valence-corrected chi connectivity index (χ2v) is 6.56. The number of benzene rings is 2. The lowest BCUT2D eigenvalue weighted by Gasteiger charge is -2.09. The van der Waals surface area contributed by atoms with Crippen molar-refractivity contribution in [3.8, 4) is 17.0 Å². The molecule has 2 aromatic heterocycles. The first-order chi connectivity index (χ1) is 13.5. The van der Waals surface area contributed by atoms with Crippen molar-refractivity contribution in [2.45, 2.75) is 6.92 Å². The standard InChI is InChI=1S/C20H16ClN5O2/c1-11-15-9-14(28-2)7-8-16(15)23-19(22-11)26-20-24-17(10-18(27)25-20)12-3-5-13(21)6-4-12/h3-10H,1-2H3,(H2,22,23,24,25,26,27). The molecule has 0 aliphatic carbocycles. The minimum atomic E-state index is -0.287. The summed E-state index contributed by atoms with van der Waals surface area (Å²) in [7, 11) is 1.61. The van der Waals surface area contributed by atoms with E-state index in [-0.39, 0.29) is 11.5 Å². The molecule has 2 heterocycles. The van der Waals surface area contributed by atoms with Crippen LogP contribution >= 0.6 is 11.6 Å². The molecule has 8 heteroatoms. The van der Waals surface area contributed by atoms with E-state index >= 15 is 0 Å². The highest BCUT2D eigenvalue weighted by molar-refractivity contribution is 6.30. The van der Waals surface area contributed by atoms with Crippen molar-refractivity contribution in [1.29, 1.82) is 0 Å².